The fraction of sp³-hybridized carbons (Fsp3) is 0.357. The summed E-state index contributed by atoms with van der Waals surface area (Å²) in [6, 6.07) is 15.4. The third-order valence-corrected chi connectivity index (χ3v) is 7.28. The smallest absolute Gasteiger partial charge is 0.338 e. The van der Waals surface area contributed by atoms with E-state index >= 15 is 0 Å². The number of thioether (sulfide) groups is 1. The standard InChI is InChI=1S/C28H32N2O4S/c1-6-34-27(32)25-23(17-7-13-20(35-5)14-8-17)24-21(15-28(2,3)16-22(24)31)30(26(25)29)18-9-11-19(33-4)12-10-18/h7-14,23H,6,15-16,29H2,1-5H3. The molecule has 1 heterocycles. The van der Waals surface area contributed by atoms with Crippen LogP contribution in [-0.4, -0.2) is 31.7 Å². The van der Waals surface area contributed by atoms with E-state index in [9.17, 15) is 9.59 Å². The zero-order valence-corrected chi connectivity index (χ0v) is 21.7. The minimum absolute atomic E-state index is 0.0306. The molecule has 0 aromatic heterocycles. The van der Waals surface area contributed by atoms with Crippen LogP contribution in [0.1, 0.15) is 45.1 Å². The number of allylic oxidation sites excluding steroid dienone is 2. The maximum absolute atomic E-state index is 13.7. The van der Waals surface area contributed by atoms with E-state index in [0.717, 1.165) is 21.8 Å². The van der Waals surface area contributed by atoms with Crippen LogP contribution in [0, 0.1) is 5.41 Å². The van der Waals surface area contributed by atoms with Crippen molar-refractivity contribution < 1.29 is 19.1 Å². The highest BCUT2D eigenvalue weighted by molar-refractivity contribution is 7.98. The van der Waals surface area contributed by atoms with Gasteiger partial charge in [-0.2, -0.15) is 0 Å². The number of esters is 1. The van der Waals surface area contributed by atoms with Gasteiger partial charge in [0.1, 0.15) is 11.6 Å². The molecule has 1 atom stereocenters. The normalized spacial score (nSPS) is 19.5. The summed E-state index contributed by atoms with van der Waals surface area (Å²) in [4.78, 5) is 30.0. The van der Waals surface area contributed by atoms with E-state index in [1.54, 1.807) is 25.8 Å². The average Bonchev–Trinajstić information content (AvgIpc) is 2.83. The van der Waals surface area contributed by atoms with Crippen molar-refractivity contribution in [3.8, 4) is 5.75 Å². The van der Waals surface area contributed by atoms with Gasteiger partial charge in [0.25, 0.3) is 0 Å². The maximum atomic E-state index is 13.7. The predicted octanol–water partition coefficient (Wildman–Crippen LogP) is 5.40. The van der Waals surface area contributed by atoms with Gasteiger partial charge in [0.15, 0.2) is 5.78 Å². The number of anilines is 1. The van der Waals surface area contributed by atoms with Crippen molar-refractivity contribution >= 4 is 29.2 Å². The number of nitrogens with two attached hydrogens (primary N) is 1. The van der Waals surface area contributed by atoms with E-state index in [0.29, 0.717) is 29.7 Å². The van der Waals surface area contributed by atoms with E-state index in [1.807, 2.05) is 59.7 Å². The molecule has 0 saturated heterocycles. The Hall–Kier alpha value is -3.19. The number of carbonyl (C=O) groups excluding carboxylic acids is 2. The number of benzene rings is 2. The summed E-state index contributed by atoms with van der Waals surface area (Å²) < 4.78 is 10.8. The van der Waals surface area contributed by atoms with Gasteiger partial charge >= 0.3 is 5.97 Å². The number of ether oxygens (including phenoxy) is 2. The molecule has 2 aliphatic rings. The first-order valence-electron chi connectivity index (χ1n) is 11.7. The van der Waals surface area contributed by atoms with Crippen LogP contribution >= 0.6 is 11.8 Å². The molecule has 0 bridgehead atoms. The number of Topliss-reactive ketones (excluding diaryl/α,β-unsaturated/α-hetero) is 1. The number of methoxy groups -OCH3 is 1. The average molecular weight is 493 g/mol. The Balaban J connectivity index is 1.98. The highest BCUT2D eigenvalue weighted by Crippen LogP contribution is 2.50. The summed E-state index contributed by atoms with van der Waals surface area (Å²) in [5.74, 6) is -0.0653. The second-order valence-corrected chi connectivity index (χ2v) is 10.4. The van der Waals surface area contributed by atoms with E-state index in [-0.39, 0.29) is 23.6 Å². The first kappa shape index (κ1) is 24.9. The van der Waals surface area contributed by atoms with Gasteiger partial charge in [-0.3, -0.25) is 9.69 Å². The molecule has 0 radical (unpaired) electrons. The molecule has 2 N–H and O–H groups in total. The SMILES string of the molecule is CCOC(=O)C1=C(N)N(c2ccc(OC)cc2)C2=C(C(=O)CC(C)(C)C2)C1c1ccc(SC)cc1. The minimum atomic E-state index is -0.585. The second kappa shape index (κ2) is 9.82. The molecule has 184 valence electrons. The van der Waals surface area contributed by atoms with Crippen molar-refractivity contribution in [3.63, 3.8) is 0 Å². The number of carbonyl (C=O) groups is 2. The van der Waals surface area contributed by atoms with Crippen LogP contribution in [0.2, 0.25) is 0 Å². The van der Waals surface area contributed by atoms with Gasteiger partial charge in [-0.15, -0.1) is 11.8 Å². The quantitative estimate of drug-likeness (QED) is 0.427. The van der Waals surface area contributed by atoms with Gasteiger partial charge in [0.05, 0.1) is 25.2 Å². The Labute approximate surface area is 211 Å². The lowest BCUT2D eigenvalue weighted by atomic mass is 9.68. The minimum Gasteiger partial charge on any atom is -0.497 e. The lowest BCUT2D eigenvalue weighted by Crippen LogP contribution is -2.43. The molecule has 7 heteroatoms. The highest BCUT2D eigenvalue weighted by atomic mass is 32.2. The number of rotatable bonds is 6. The predicted molar refractivity (Wildman–Crippen MR) is 139 cm³/mol. The van der Waals surface area contributed by atoms with Gasteiger partial charge in [-0.05, 0) is 67.0 Å². The first-order chi connectivity index (χ1) is 16.7. The molecule has 0 saturated carbocycles. The van der Waals surface area contributed by atoms with Crippen LogP contribution in [0.25, 0.3) is 0 Å². The molecule has 2 aromatic carbocycles. The monoisotopic (exact) mass is 492 g/mol. The van der Waals surface area contributed by atoms with Gasteiger partial charge in [0, 0.05) is 28.3 Å². The Morgan fingerprint density at radius 1 is 1.11 bits per heavy atom. The van der Waals surface area contributed by atoms with Crippen molar-refractivity contribution in [1.29, 1.82) is 0 Å². The fourth-order valence-electron chi connectivity index (χ4n) is 4.97. The molecule has 0 spiro atoms. The van der Waals surface area contributed by atoms with E-state index in [2.05, 4.69) is 13.8 Å². The Morgan fingerprint density at radius 3 is 2.34 bits per heavy atom. The molecular formula is C28H32N2O4S. The van der Waals surface area contributed by atoms with Crippen molar-refractivity contribution in [2.24, 2.45) is 11.1 Å². The largest absolute Gasteiger partial charge is 0.497 e. The summed E-state index contributed by atoms with van der Waals surface area (Å²) in [6.07, 6.45) is 3.06. The summed E-state index contributed by atoms with van der Waals surface area (Å²) in [7, 11) is 1.61. The summed E-state index contributed by atoms with van der Waals surface area (Å²) >= 11 is 1.64. The van der Waals surface area contributed by atoms with Crippen molar-refractivity contribution in [2.75, 3.05) is 24.9 Å². The molecule has 2 aromatic rings. The zero-order chi connectivity index (χ0) is 25.3. The van der Waals surface area contributed by atoms with Crippen LogP contribution in [0.15, 0.2) is 76.1 Å². The van der Waals surface area contributed by atoms with Gasteiger partial charge in [0.2, 0.25) is 0 Å². The van der Waals surface area contributed by atoms with Gasteiger partial charge in [-0.25, -0.2) is 4.79 Å². The molecule has 1 unspecified atom stereocenters. The lowest BCUT2D eigenvalue weighted by Gasteiger charge is -2.44. The van der Waals surface area contributed by atoms with Crippen LogP contribution in [0.4, 0.5) is 5.69 Å². The van der Waals surface area contributed by atoms with Gasteiger partial charge in [-0.1, -0.05) is 26.0 Å². The first-order valence-corrected chi connectivity index (χ1v) is 12.9. The summed E-state index contributed by atoms with van der Waals surface area (Å²) in [5, 5.41) is 0. The molecule has 4 rings (SSSR count). The Bertz CT molecular complexity index is 1200. The van der Waals surface area contributed by atoms with Crippen LogP contribution in [0.5, 0.6) is 5.75 Å². The molecular weight excluding hydrogens is 460 g/mol. The van der Waals surface area contributed by atoms with Crippen molar-refractivity contribution in [3.05, 3.63) is 76.8 Å². The Morgan fingerprint density at radius 2 is 1.77 bits per heavy atom. The summed E-state index contributed by atoms with van der Waals surface area (Å²) in [6.45, 7) is 6.15. The van der Waals surface area contributed by atoms with Gasteiger partial charge < -0.3 is 15.2 Å². The number of hydrogen-bond acceptors (Lipinski definition) is 7. The summed E-state index contributed by atoms with van der Waals surface area (Å²) in [5.41, 5.74) is 9.93. The Kier molecular flexibility index (Phi) is 6.99. The lowest BCUT2D eigenvalue weighted by molar-refractivity contribution is -0.138. The van der Waals surface area contributed by atoms with Crippen LogP contribution in [0.3, 0.4) is 0 Å². The topological polar surface area (TPSA) is 81.9 Å². The fourth-order valence-corrected chi connectivity index (χ4v) is 5.38. The number of nitrogens with zero attached hydrogens (tertiary/aromatic N) is 1. The molecule has 35 heavy (non-hydrogen) atoms. The van der Waals surface area contributed by atoms with E-state index in [4.69, 9.17) is 15.2 Å². The molecule has 0 fully saturated rings. The molecule has 0 amide bonds. The second-order valence-electron chi connectivity index (χ2n) is 9.56. The van der Waals surface area contributed by atoms with Crippen molar-refractivity contribution in [1.82, 2.24) is 0 Å². The maximum Gasteiger partial charge on any atom is 0.338 e. The molecule has 1 aliphatic carbocycles. The van der Waals surface area contributed by atoms with E-state index < -0.39 is 11.9 Å². The van der Waals surface area contributed by atoms with E-state index in [1.165, 1.54) is 0 Å². The van der Waals surface area contributed by atoms with Crippen LogP contribution < -0.4 is 15.4 Å². The third kappa shape index (κ3) is 4.69. The number of hydrogen-bond donors (Lipinski definition) is 1. The number of ketones is 1. The molecule has 1 aliphatic heterocycles. The van der Waals surface area contributed by atoms with Crippen molar-refractivity contribution in [2.45, 2.75) is 44.4 Å². The highest BCUT2D eigenvalue weighted by Gasteiger charge is 2.46. The zero-order valence-electron chi connectivity index (χ0n) is 20.9. The molecule has 6 nitrogen and oxygen atoms in total. The van der Waals surface area contributed by atoms with Crippen LogP contribution in [-0.2, 0) is 14.3 Å². The third-order valence-electron chi connectivity index (χ3n) is 6.54.